The number of halogens is 3. The van der Waals surface area contributed by atoms with Crippen molar-refractivity contribution in [1.29, 1.82) is 0 Å². The Hall–Kier alpha value is -2.74. The van der Waals surface area contributed by atoms with Gasteiger partial charge in [0.2, 0.25) is 0 Å². The fourth-order valence-electron chi connectivity index (χ4n) is 2.14. The molecule has 0 fully saturated rings. The lowest BCUT2D eigenvalue weighted by Gasteiger charge is -2.21. The number of carbonyl (C=O) groups is 1. The number of hydrogen-bond acceptors (Lipinski definition) is 1. The van der Waals surface area contributed by atoms with E-state index in [2.05, 4.69) is 5.92 Å². The van der Waals surface area contributed by atoms with Gasteiger partial charge in [-0.15, -0.1) is 6.42 Å². The molecule has 5 heteroatoms. The molecule has 0 unspecified atom stereocenters. The van der Waals surface area contributed by atoms with Crippen LogP contribution in [0.25, 0.3) is 11.1 Å². The topological polar surface area (TPSA) is 20.3 Å². The monoisotopic (exact) mass is 317 g/mol. The van der Waals surface area contributed by atoms with Crippen molar-refractivity contribution in [2.75, 3.05) is 13.1 Å². The van der Waals surface area contributed by atoms with Gasteiger partial charge in [-0.1, -0.05) is 48.4 Å². The van der Waals surface area contributed by atoms with E-state index in [0.29, 0.717) is 4.90 Å². The third-order valence-corrected chi connectivity index (χ3v) is 3.18. The Morgan fingerprint density at radius 3 is 2.09 bits per heavy atom. The SMILES string of the molecule is C#CCN(CC(F)(F)F)C(=O)c1ccc(-c2ccccc2)cc1. The molecule has 0 heterocycles. The van der Waals surface area contributed by atoms with E-state index in [-0.39, 0.29) is 5.56 Å². The number of carbonyl (C=O) groups excluding carboxylic acids is 1. The fraction of sp³-hybridized carbons (Fsp3) is 0.167. The molecule has 0 aliphatic carbocycles. The lowest BCUT2D eigenvalue weighted by Crippen LogP contribution is -2.39. The van der Waals surface area contributed by atoms with E-state index in [9.17, 15) is 18.0 Å². The van der Waals surface area contributed by atoms with Gasteiger partial charge in [0, 0.05) is 5.56 Å². The predicted octanol–water partition coefficient (Wildman–Crippen LogP) is 3.99. The van der Waals surface area contributed by atoms with Crippen molar-refractivity contribution in [3.63, 3.8) is 0 Å². The minimum absolute atomic E-state index is 0.171. The van der Waals surface area contributed by atoms with Crippen molar-refractivity contribution in [3.8, 4) is 23.5 Å². The third-order valence-electron chi connectivity index (χ3n) is 3.18. The average Bonchev–Trinajstić information content (AvgIpc) is 2.53. The highest BCUT2D eigenvalue weighted by atomic mass is 19.4. The standard InChI is InChI=1S/C18H14F3NO/c1-2-12-22(13-18(19,20)21)17(23)16-10-8-15(9-11-16)14-6-4-3-5-7-14/h1,3-11H,12-13H2. The first kappa shape index (κ1) is 16.6. The minimum Gasteiger partial charge on any atom is -0.318 e. The Kier molecular flexibility index (Phi) is 5.07. The minimum atomic E-state index is -4.49. The zero-order valence-corrected chi connectivity index (χ0v) is 12.2. The highest BCUT2D eigenvalue weighted by Gasteiger charge is 2.33. The lowest BCUT2D eigenvalue weighted by molar-refractivity contribution is -0.139. The van der Waals surface area contributed by atoms with E-state index in [0.717, 1.165) is 11.1 Å². The van der Waals surface area contributed by atoms with Crippen molar-refractivity contribution in [2.24, 2.45) is 0 Å². The second-order valence-corrected chi connectivity index (χ2v) is 4.92. The van der Waals surface area contributed by atoms with Gasteiger partial charge in [-0.2, -0.15) is 13.2 Å². The van der Waals surface area contributed by atoms with Gasteiger partial charge in [-0.05, 0) is 23.3 Å². The Bertz CT molecular complexity index is 700. The van der Waals surface area contributed by atoms with Gasteiger partial charge in [0.15, 0.2) is 0 Å². The van der Waals surface area contributed by atoms with Crippen molar-refractivity contribution in [2.45, 2.75) is 6.18 Å². The van der Waals surface area contributed by atoms with Gasteiger partial charge in [-0.25, -0.2) is 0 Å². The molecule has 2 aromatic rings. The molecular formula is C18H14F3NO. The summed E-state index contributed by atoms with van der Waals surface area (Å²) in [6.07, 6.45) is 0.563. The highest BCUT2D eigenvalue weighted by molar-refractivity contribution is 5.95. The van der Waals surface area contributed by atoms with Crippen LogP contribution in [0.15, 0.2) is 54.6 Å². The molecule has 0 aromatic heterocycles. The van der Waals surface area contributed by atoms with Crippen LogP contribution < -0.4 is 0 Å². The van der Waals surface area contributed by atoms with E-state index in [4.69, 9.17) is 6.42 Å². The molecule has 0 atom stereocenters. The second-order valence-electron chi connectivity index (χ2n) is 4.92. The molecule has 0 spiro atoms. The molecule has 2 nitrogen and oxygen atoms in total. The number of alkyl halides is 3. The molecule has 2 aromatic carbocycles. The Labute approximate surface area is 132 Å². The van der Waals surface area contributed by atoms with Crippen molar-refractivity contribution in [3.05, 3.63) is 60.2 Å². The maximum atomic E-state index is 12.5. The summed E-state index contributed by atoms with van der Waals surface area (Å²) in [5.74, 6) is 1.35. The lowest BCUT2D eigenvalue weighted by atomic mass is 10.0. The fourth-order valence-corrected chi connectivity index (χ4v) is 2.14. The van der Waals surface area contributed by atoms with Crippen LogP contribution in [-0.2, 0) is 0 Å². The van der Waals surface area contributed by atoms with E-state index < -0.39 is 25.2 Å². The largest absolute Gasteiger partial charge is 0.406 e. The number of hydrogen-bond donors (Lipinski definition) is 0. The van der Waals surface area contributed by atoms with Crippen LogP contribution in [0.3, 0.4) is 0 Å². The molecule has 0 N–H and O–H groups in total. The van der Waals surface area contributed by atoms with Crippen molar-refractivity contribution < 1.29 is 18.0 Å². The molecule has 0 aliphatic heterocycles. The van der Waals surface area contributed by atoms with Gasteiger partial charge >= 0.3 is 6.18 Å². The molecule has 23 heavy (non-hydrogen) atoms. The molecular weight excluding hydrogens is 303 g/mol. The molecule has 0 bridgehead atoms. The smallest absolute Gasteiger partial charge is 0.318 e. The molecule has 118 valence electrons. The van der Waals surface area contributed by atoms with Gasteiger partial charge in [0.1, 0.15) is 6.54 Å². The number of amides is 1. The van der Waals surface area contributed by atoms with E-state index in [1.165, 1.54) is 12.1 Å². The van der Waals surface area contributed by atoms with Crippen LogP contribution in [0.5, 0.6) is 0 Å². The molecule has 0 aliphatic rings. The Morgan fingerprint density at radius 1 is 1.00 bits per heavy atom. The van der Waals surface area contributed by atoms with Crippen LogP contribution in [0.4, 0.5) is 13.2 Å². The summed E-state index contributed by atoms with van der Waals surface area (Å²) in [7, 11) is 0. The second kappa shape index (κ2) is 7.01. The Balaban J connectivity index is 2.20. The number of terminal acetylenes is 1. The van der Waals surface area contributed by atoms with Crippen LogP contribution in [0.2, 0.25) is 0 Å². The first-order valence-corrected chi connectivity index (χ1v) is 6.85. The first-order valence-electron chi connectivity index (χ1n) is 6.85. The third kappa shape index (κ3) is 4.62. The summed E-state index contributed by atoms with van der Waals surface area (Å²) < 4.78 is 37.6. The van der Waals surface area contributed by atoms with Crippen LogP contribution >= 0.6 is 0 Å². The number of benzene rings is 2. The normalized spacial score (nSPS) is 10.9. The summed E-state index contributed by atoms with van der Waals surface area (Å²) in [5.41, 5.74) is 2.01. The van der Waals surface area contributed by atoms with Gasteiger partial charge in [0.05, 0.1) is 6.54 Å². The van der Waals surface area contributed by atoms with Gasteiger partial charge in [0.25, 0.3) is 5.91 Å². The summed E-state index contributed by atoms with van der Waals surface area (Å²) >= 11 is 0. The summed E-state index contributed by atoms with van der Waals surface area (Å²) in [4.78, 5) is 12.8. The number of nitrogens with zero attached hydrogens (tertiary/aromatic N) is 1. The summed E-state index contributed by atoms with van der Waals surface area (Å²) in [6.45, 7) is -1.75. The summed E-state index contributed by atoms with van der Waals surface area (Å²) in [6, 6.07) is 15.9. The number of rotatable bonds is 4. The molecule has 0 saturated carbocycles. The first-order chi connectivity index (χ1) is 10.9. The van der Waals surface area contributed by atoms with Crippen molar-refractivity contribution in [1.82, 2.24) is 4.90 Å². The zero-order chi connectivity index (χ0) is 16.9. The van der Waals surface area contributed by atoms with Crippen LogP contribution in [-0.4, -0.2) is 30.1 Å². The predicted molar refractivity (Wildman–Crippen MR) is 82.7 cm³/mol. The summed E-state index contributed by atoms with van der Waals surface area (Å²) in [5, 5.41) is 0. The maximum Gasteiger partial charge on any atom is 0.406 e. The quantitative estimate of drug-likeness (QED) is 0.781. The van der Waals surface area contributed by atoms with E-state index >= 15 is 0 Å². The van der Waals surface area contributed by atoms with Crippen LogP contribution in [0.1, 0.15) is 10.4 Å². The molecule has 0 radical (unpaired) electrons. The van der Waals surface area contributed by atoms with Gasteiger partial charge < -0.3 is 4.90 Å². The van der Waals surface area contributed by atoms with Gasteiger partial charge in [-0.3, -0.25) is 4.79 Å². The molecule has 0 saturated heterocycles. The molecule has 2 rings (SSSR count). The van der Waals surface area contributed by atoms with Crippen LogP contribution in [0, 0.1) is 12.3 Å². The van der Waals surface area contributed by atoms with E-state index in [1.807, 2.05) is 30.3 Å². The van der Waals surface area contributed by atoms with Crippen molar-refractivity contribution >= 4 is 5.91 Å². The maximum absolute atomic E-state index is 12.5. The Morgan fingerprint density at radius 2 is 1.57 bits per heavy atom. The molecule has 1 amide bonds. The van der Waals surface area contributed by atoms with E-state index in [1.54, 1.807) is 12.1 Å². The zero-order valence-electron chi connectivity index (χ0n) is 12.2. The highest BCUT2D eigenvalue weighted by Crippen LogP contribution is 2.21. The average molecular weight is 317 g/mol.